The van der Waals surface area contributed by atoms with Gasteiger partial charge < -0.3 is 10.6 Å². The third kappa shape index (κ3) is 5.22. The van der Waals surface area contributed by atoms with Crippen LogP contribution in [-0.4, -0.2) is 34.5 Å². The minimum Gasteiger partial charge on any atom is -0.325 e. The number of carbonyl (C=O) groups excluding carboxylic acids is 1. The van der Waals surface area contributed by atoms with Gasteiger partial charge in [0.15, 0.2) is 9.84 Å². The Bertz CT molecular complexity index is 1310. The first-order valence-corrected chi connectivity index (χ1v) is 11.4. The van der Waals surface area contributed by atoms with Gasteiger partial charge in [-0.05, 0) is 43.2 Å². The second-order valence-electron chi connectivity index (χ2n) is 7.19. The van der Waals surface area contributed by atoms with Crippen molar-refractivity contribution >= 4 is 44.7 Å². The molecule has 2 N–H and O–H groups in total. The van der Waals surface area contributed by atoms with Crippen molar-refractivity contribution in [3.8, 4) is 0 Å². The molecule has 1 saturated carbocycles. The van der Waals surface area contributed by atoms with Gasteiger partial charge in [-0.3, -0.25) is 4.79 Å². The van der Waals surface area contributed by atoms with Crippen molar-refractivity contribution in [1.29, 1.82) is 0 Å². The van der Waals surface area contributed by atoms with Crippen molar-refractivity contribution in [3.63, 3.8) is 0 Å². The first-order valence-electron chi connectivity index (χ1n) is 9.51. The Morgan fingerprint density at radius 2 is 1.79 bits per heavy atom. The lowest BCUT2D eigenvalue weighted by molar-refractivity contribution is -0.137. The Morgan fingerprint density at radius 3 is 2.42 bits per heavy atom. The average Bonchev–Trinajstić information content (AvgIpc) is 3.61. The molecule has 172 valence electrons. The van der Waals surface area contributed by atoms with Crippen LogP contribution in [0.2, 0.25) is 5.15 Å². The number of halogens is 4. The van der Waals surface area contributed by atoms with E-state index >= 15 is 0 Å². The number of rotatable bonds is 6. The average molecular weight is 498 g/mol. The number of alkyl halides is 3. The topological polar surface area (TPSA) is 114 Å². The molecule has 1 aliphatic rings. The summed E-state index contributed by atoms with van der Waals surface area (Å²) in [5.74, 6) is -0.403. The summed E-state index contributed by atoms with van der Waals surface area (Å²) in [4.78, 5) is 24.2. The lowest BCUT2D eigenvalue weighted by Gasteiger charge is -2.12. The van der Waals surface area contributed by atoms with Crippen LogP contribution in [0.1, 0.15) is 28.8 Å². The number of pyridine rings is 3. The van der Waals surface area contributed by atoms with E-state index in [0.29, 0.717) is 19.0 Å². The molecule has 1 amide bonds. The molecule has 0 radical (unpaired) electrons. The lowest BCUT2D eigenvalue weighted by atomic mass is 10.2. The number of amides is 1. The van der Waals surface area contributed by atoms with E-state index in [2.05, 4.69) is 25.6 Å². The Morgan fingerprint density at radius 1 is 1.03 bits per heavy atom. The fourth-order valence-electron chi connectivity index (χ4n) is 2.90. The first kappa shape index (κ1) is 22.9. The molecular weight excluding hydrogens is 483 g/mol. The molecule has 13 heteroatoms. The molecule has 1 fully saturated rings. The monoisotopic (exact) mass is 497 g/mol. The molecule has 3 aromatic rings. The second kappa shape index (κ2) is 8.60. The van der Waals surface area contributed by atoms with Gasteiger partial charge in [0.05, 0.1) is 27.6 Å². The van der Waals surface area contributed by atoms with Crippen LogP contribution in [0.15, 0.2) is 53.8 Å². The number of carbonyl (C=O) groups is 1. The zero-order valence-corrected chi connectivity index (χ0v) is 18.2. The maximum atomic E-state index is 12.8. The third-order valence-electron chi connectivity index (χ3n) is 4.72. The molecular formula is C20H15ClF3N5O3S. The molecule has 1 aliphatic carbocycles. The summed E-state index contributed by atoms with van der Waals surface area (Å²) in [5.41, 5.74) is -0.793. The number of anilines is 3. The number of hydrogen-bond donors (Lipinski definition) is 2. The molecule has 0 atom stereocenters. The van der Waals surface area contributed by atoms with Crippen molar-refractivity contribution in [3.05, 3.63) is 65.2 Å². The summed E-state index contributed by atoms with van der Waals surface area (Å²) < 4.78 is 63.4. The molecule has 0 saturated heterocycles. The highest BCUT2D eigenvalue weighted by Crippen LogP contribution is 2.37. The van der Waals surface area contributed by atoms with Crippen LogP contribution in [0.5, 0.6) is 0 Å². The van der Waals surface area contributed by atoms with Crippen molar-refractivity contribution in [2.75, 3.05) is 10.6 Å². The lowest BCUT2D eigenvalue weighted by Crippen LogP contribution is -2.17. The number of hydrogen-bond acceptors (Lipinski definition) is 7. The summed E-state index contributed by atoms with van der Waals surface area (Å²) in [5, 5.41) is 4.70. The van der Waals surface area contributed by atoms with E-state index in [1.165, 1.54) is 30.6 Å². The molecule has 3 aromatic heterocycles. The van der Waals surface area contributed by atoms with Crippen molar-refractivity contribution in [1.82, 2.24) is 15.0 Å². The summed E-state index contributed by atoms with van der Waals surface area (Å²) in [7, 11) is -3.66. The van der Waals surface area contributed by atoms with Crippen LogP contribution in [0.3, 0.4) is 0 Å². The van der Waals surface area contributed by atoms with Crippen LogP contribution in [0.4, 0.5) is 30.5 Å². The smallest absolute Gasteiger partial charge is 0.325 e. The minimum atomic E-state index is -4.51. The summed E-state index contributed by atoms with van der Waals surface area (Å²) >= 11 is 5.86. The van der Waals surface area contributed by atoms with Crippen LogP contribution in [-0.2, 0) is 16.0 Å². The predicted molar refractivity (Wildman–Crippen MR) is 114 cm³/mol. The van der Waals surface area contributed by atoms with E-state index in [-0.39, 0.29) is 32.9 Å². The number of nitrogens with one attached hydrogen (secondary N) is 2. The van der Waals surface area contributed by atoms with E-state index in [1.807, 2.05) is 0 Å². The molecule has 0 spiro atoms. The molecule has 33 heavy (non-hydrogen) atoms. The molecule has 3 heterocycles. The number of aromatic nitrogens is 3. The van der Waals surface area contributed by atoms with Gasteiger partial charge >= 0.3 is 6.18 Å². The largest absolute Gasteiger partial charge is 0.417 e. The molecule has 8 nitrogen and oxygen atoms in total. The highest BCUT2D eigenvalue weighted by molar-refractivity contribution is 7.92. The Hall–Kier alpha value is -3.25. The molecule has 4 rings (SSSR count). The zero-order valence-electron chi connectivity index (χ0n) is 16.6. The second-order valence-corrected chi connectivity index (χ2v) is 9.77. The summed E-state index contributed by atoms with van der Waals surface area (Å²) in [6.45, 7) is 0. The summed E-state index contributed by atoms with van der Waals surface area (Å²) in [6, 6.07) is 5.92. The quantitative estimate of drug-likeness (QED) is 0.483. The molecule has 0 unspecified atom stereocenters. The SMILES string of the molecule is O=C(Nc1cnc(Cl)cc1S(=O)(=O)C1CC1)c1ccnc(Nc2ccc(C(F)(F)F)cn2)c1. The van der Waals surface area contributed by atoms with Crippen molar-refractivity contribution < 1.29 is 26.4 Å². The van der Waals surface area contributed by atoms with Crippen molar-refractivity contribution in [2.24, 2.45) is 0 Å². The van der Waals surface area contributed by atoms with Gasteiger partial charge in [0.1, 0.15) is 16.8 Å². The van der Waals surface area contributed by atoms with Crippen LogP contribution >= 0.6 is 11.6 Å². The number of sulfone groups is 1. The van der Waals surface area contributed by atoms with Gasteiger partial charge in [-0.1, -0.05) is 11.6 Å². The minimum absolute atomic E-state index is 0.00738. The van der Waals surface area contributed by atoms with Gasteiger partial charge in [0, 0.05) is 18.0 Å². The Kier molecular flexibility index (Phi) is 5.97. The molecule has 0 bridgehead atoms. The van der Waals surface area contributed by atoms with Gasteiger partial charge in [0.25, 0.3) is 5.91 Å². The van der Waals surface area contributed by atoms with E-state index in [9.17, 15) is 26.4 Å². The van der Waals surface area contributed by atoms with E-state index in [4.69, 9.17) is 11.6 Å². The summed E-state index contributed by atoms with van der Waals surface area (Å²) in [6.07, 6.45) is -0.288. The normalized spacial score (nSPS) is 14.1. The highest BCUT2D eigenvalue weighted by atomic mass is 35.5. The predicted octanol–water partition coefficient (Wildman–Crippen LogP) is 4.48. The molecule has 0 aromatic carbocycles. The van der Waals surface area contributed by atoms with Gasteiger partial charge in [-0.15, -0.1) is 0 Å². The van der Waals surface area contributed by atoms with Gasteiger partial charge in [-0.25, -0.2) is 23.4 Å². The fourth-order valence-corrected chi connectivity index (χ4v) is 4.93. The fraction of sp³-hybridized carbons (Fsp3) is 0.200. The van der Waals surface area contributed by atoms with Crippen LogP contribution < -0.4 is 10.6 Å². The van der Waals surface area contributed by atoms with Crippen LogP contribution in [0, 0.1) is 0 Å². The zero-order chi connectivity index (χ0) is 23.8. The maximum Gasteiger partial charge on any atom is 0.417 e. The third-order valence-corrected chi connectivity index (χ3v) is 7.23. The van der Waals surface area contributed by atoms with Gasteiger partial charge in [0.2, 0.25) is 0 Å². The van der Waals surface area contributed by atoms with E-state index < -0.39 is 32.7 Å². The Balaban J connectivity index is 1.53. The van der Waals surface area contributed by atoms with E-state index in [1.54, 1.807) is 0 Å². The van der Waals surface area contributed by atoms with Crippen LogP contribution in [0.25, 0.3) is 0 Å². The van der Waals surface area contributed by atoms with Crippen molar-refractivity contribution in [2.45, 2.75) is 29.2 Å². The number of nitrogens with zero attached hydrogens (tertiary/aromatic N) is 3. The van der Waals surface area contributed by atoms with Gasteiger partial charge in [-0.2, -0.15) is 13.2 Å². The molecule has 0 aliphatic heterocycles. The Labute approximate surface area is 191 Å². The maximum absolute atomic E-state index is 12.8. The highest BCUT2D eigenvalue weighted by Gasteiger charge is 2.38. The van der Waals surface area contributed by atoms with E-state index in [0.717, 1.165) is 12.1 Å². The first-order chi connectivity index (χ1) is 15.5. The standard InChI is InChI=1S/C20H15ClF3N5O3S/c21-16-8-15(33(31,32)13-2-3-13)14(10-26-16)28-19(30)11-5-6-25-18(7-11)29-17-4-1-12(9-27-17)20(22,23)24/h1,4-10,13H,2-3H2,(H,28,30)(H,25,27,29).